The van der Waals surface area contributed by atoms with Gasteiger partial charge in [-0.2, -0.15) is 0 Å². The molecule has 1 rings (SSSR count). The minimum absolute atomic E-state index is 0.343. The van der Waals surface area contributed by atoms with Crippen LogP contribution in [-0.2, 0) is 6.54 Å². The number of carboxylic acid groups (broad SMARTS) is 1. The lowest BCUT2D eigenvalue weighted by Gasteiger charge is -2.23. The van der Waals surface area contributed by atoms with Crippen LogP contribution in [0, 0.1) is 0 Å². The molecule has 1 aromatic carbocycles. The van der Waals surface area contributed by atoms with Crippen LogP contribution in [0.2, 0.25) is 0 Å². The van der Waals surface area contributed by atoms with E-state index in [9.17, 15) is 4.79 Å². The van der Waals surface area contributed by atoms with Crippen molar-refractivity contribution in [3.05, 3.63) is 35.4 Å². The molecule has 0 fully saturated rings. The van der Waals surface area contributed by atoms with Gasteiger partial charge in [-0.15, -0.1) is 0 Å². The fourth-order valence-electron chi connectivity index (χ4n) is 1.51. The van der Waals surface area contributed by atoms with Crippen molar-refractivity contribution in [2.45, 2.75) is 32.9 Å². The molecule has 1 aromatic rings. The van der Waals surface area contributed by atoms with Crippen LogP contribution < -0.4 is 0 Å². The predicted octanol–water partition coefficient (Wildman–Crippen LogP) is 2.62. The van der Waals surface area contributed by atoms with E-state index in [2.05, 4.69) is 25.8 Å². The number of carboxylic acids is 1. The highest BCUT2D eigenvalue weighted by molar-refractivity contribution is 5.87. The molecule has 0 amide bonds. The molecule has 0 aliphatic rings. The summed E-state index contributed by atoms with van der Waals surface area (Å²) in [5.41, 5.74) is 1.49. The first-order valence-electron chi connectivity index (χ1n) is 5.57. The van der Waals surface area contributed by atoms with Crippen molar-refractivity contribution in [3.63, 3.8) is 0 Å². The molecule has 1 unspecified atom stereocenters. The topological polar surface area (TPSA) is 40.5 Å². The molecule has 1 atom stereocenters. The summed E-state index contributed by atoms with van der Waals surface area (Å²) in [6, 6.07) is 7.61. The Kier molecular flexibility index (Phi) is 4.50. The van der Waals surface area contributed by atoms with Crippen molar-refractivity contribution in [1.82, 2.24) is 4.90 Å². The second-order valence-electron chi connectivity index (χ2n) is 4.17. The SMILES string of the molecule is CCC(C)N(C)Cc1ccc(C(=O)O)cc1. The summed E-state index contributed by atoms with van der Waals surface area (Å²) in [6.45, 7) is 5.20. The number of benzene rings is 1. The summed E-state index contributed by atoms with van der Waals surface area (Å²) in [5, 5.41) is 8.77. The molecule has 1 N–H and O–H groups in total. The Morgan fingerprint density at radius 2 is 1.94 bits per heavy atom. The number of rotatable bonds is 5. The largest absolute Gasteiger partial charge is 0.478 e. The third-order valence-electron chi connectivity index (χ3n) is 2.98. The molecule has 3 heteroatoms. The van der Waals surface area contributed by atoms with E-state index >= 15 is 0 Å². The standard InChI is InChI=1S/C13H19NO2/c1-4-10(2)14(3)9-11-5-7-12(8-6-11)13(15)16/h5-8,10H,4,9H2,1-3H3,(H,15,16). The molecule has 0 aliphatic heterocycles. The Morgan fingerprint density at radius 3 is 2.38 bits per heavy atom. The van der Waals surface area contributed by atoms with Crippen molar-refractivity contribution in [2.24, 2.45) is 0 Å². The summed E-state index contributed by atoms with van der Waals surface area (Å²) >= 11 is 0. The quantitative estimate of drug-likeness (QED) is 0.831. The lowest BCUT2D eigenvalue weighted by atomic mass is 10.1. The second kappa shape index (κ2) is 5.66. The maximum atomic E-state index is 10.7. The lowest BCUT2D eigenvalue weighted by Crippen LogP contribution is -2.27. The molecule has 0 aromatic heterocycles. The second-order valence-corrected chi connectivity index (χ2v) is 4.17. The van der Waals surface area contributed by atoms with Crippen molar-refractivity contribution in [2.75, 3.05) is 7.05 Å². The minimum Gasteiger partial charge on any atom is -0.478 e. The van der Waals surface area contributed by atoms with Gasteiger partial charge in [0.15, 0.2) is 0 Å². The zero-order valence-corrected chi connectivity index (χ0v) is 10.1. The van der Waals surface area contributed by atoms with Gasteiger partial charge in [-0.05, 0) is 38.1 Å². The molecule has 0 heterocycles. The van der Waals surface area contributed by atoms with Crippen molar-refractivity contribution in [3.8, 4) is 0 Å². The number of hydrogen-bond acceptors (Lipinski definition) is 2. The van der Waals surface area contributed by atoms with Gasteiger partial charge in [0.1, 0.15) is 0 Å². The zero-order valence-electron chi connectivity index (χ0n) is 10.1. The number of carbonyl (C=O) groups is 1. The molecule has 0 spiro atoms. The third kappa shape index (κ3) is 3.35. The van der Waals surface area contributed by atoms with E-state index in [1.165, 1.54) is 0 Å². The van der Waals surface area contributed by atoms with Crippen LogP contribution in [0.15, 0.2) is 24.3 Å². The summed E-state index contributed by atoms with van der Waals surface area (Å²) < 4.78 is 0. The highest BCUT2D eigenvalue weighted by Crippen LogP contribution is 2.09. The van der Waals surface area contributed by atoms with Crippen LogP contribution in [0.4, 0.5) is 0 Å². The minimum atomic E-state index is -0.873. The van der Waals surface area contributed by atoms with Gasteiger partial charge < -0.3 is 5.11 Å². The van der Waals surface area contributed by atoms with Crippen LogP contribution in [-0.4, -0.2) is 29.1 Å². The van der Waals surface area contributed by atoms with Crippen molar-refractivity contribution in [1.29, 1.82) is 0 Å². The maximum Gasteiger partial charge on any atom is 0.335 e. The van der Waals surface area contributed by atoms with E-state index in [1.54, 1.807) is 12.1 Å². The van der Waals surface area contributed by atoms with E-state index in [-0.39, 0.29) is 0 Å². The number of hydrogen-bond donors (Lipinski definition) is 1. The van der Waals surface area contributed by atoms with Gasteiger partial charge in [-0.25, -0.2) is 4.79 Å². The predicted molar refractivity (Wildman–Crippen MR) is 64.6 cm³/mol. The molecule has 0 aliphatic carbocycles. The van der Waals surface area contributed by atoms with E-state index in [0.29, 0.717) is 11.6 Å². The summed E-state index contributed by atoms with van der Waals surface area (Å²) in [4.78, 5) is 12.9. The Morgan fingerprint density at radius 1 is 1.38 bits per heavy atom. The smallest absolute Gasteiger partial charge is 0.335 e. The average Bonchev–Trinajstić information content (AvgIpc) is 2.28. The van der Waals surface area contributed by atoms with Gasteiger partial charge in [0.05, 0.1) is 5.56 Å². The number of aromatic carboxylic acids is 1. The van der Waals surface area contributed by atoms with Gasteiger partial charge in [-0.1, -0.05) is 19.1 Å². The lowest BCUT2D eigenvalue weighted by molar-refractivity contribution is 0.0697. The van der Waals surface area contributed by atoms with Gasteiger partial charge in [0.25, 0.3) is 0 Å². The molecular formula is C13H19NO2. The first kappa shape index (κ1) is 12.7. The van der Waals surface area contributed by atoms with Crippen LogP contribution in [0.5, 0.6) is 0 Å². The molecule has 0 radical (unpaired) electrons. The third-order valence-corrected chi connectivity index (χ3v) is 2.98. The van der Waals surface area contributed by atoms with Gasteiger partial charge >= 0.3 is 5.97 Å². The monoisotopic (exact) mass is 221 g/mol. The fourth-order valence-corrected chi connectivity index (χ4v) is 1.51. The Bertz CT molecular complexity index is 345. The van der Waals surface area contributed by atoms with E-state index in [4.69, 9.17) is 5.11 Å². The van der Waals surface area contributed by atoms with Crippen LogP contribution in [0.3, 0.4) is 0 Å². The molecule has 0 saturated heterocycles. The maximum absolute atomic E-state index is 10.7. The van der Waals surface area contributed by atoms with Crippen LogP contribution >= 0.6 is 0 Å². The highest BCUT2D eigenvalue weighted by Gasteiger charge is 2.08. The van der Waals surface area contributed by atoms with Crippen LogP contribution in [0.25, 0.3) is 0 Å². The summed E-state index contributed by atoms with van der Waals surface area (Å²) in [6.07, 6.45) is 1.11. The Labute approximate surface area is 96.7 Å². The summed E-state index contributed by atoms with van der Waals surface area (Å²) in [5.74, 6) is -0.873. The van der Waals surface area contributed by atoms with Gasteiger partial charge in [-0.3, -0.25) is 4.90 Å². The summed E-state index contributed by atoms with van der Waals surface area (Å²) in [7, 11) is 2.08. The van der Waals surface area contributed by atoms with Crippen LogP contribution in [0.1, 0.15) is 36.2 Å². The Hall–Kier alpha value is -1.35. The van der Waals surface area contributed by atoms with Gasteiger partial charge in [0, 0.05) is 12.6 Å². The van der Waals surface area contributed by atoms with E-state index in [1.807, 2.05) is 12.1 Å². The average molecular weight is 221 g/mol. The molecule has 0 saturated carbocycles. The highest BCUT2D eigenvalue weighted by atomic mass is 16.4. The Balaban J connectivity index is 2.65. The van der Waals surface area contributed by atoms with Crippen molar-refractivity contribution < 1.29 is 9.90 Å². The van der Waals surface area contributed by atoms with Crippen molar-refractivity contribution >= 4 is 5.97 Å². The zero-order chi connectivity index (χ0) is 12.1. The fraction of sp³-hybridized carbons (Fsp3) is 0.462. The normalized spacial score (nSPS) is 12.8. The van der Waals surface area contributed by atoms with Gasteiger partial charge in [0.2, 0.25) is 0 Å². The molecule has 88 valence electrons. The van der Waals surface area contributed by atoms with E-state index in [0.717, 1.165) is 18.5 Å². The molecule has 0 bridgehead atoms. The first-order chi connectivity index (χ1) is 7.54. The first-order valence-corrected chi connectivity index (χ1v) is 5.57. The molecule has 16 heavy (non-hydrogen) atoms. The molecule has 3 nitrogen and oxygen atoms in total. The molecular weight excluding hydrogens is 202 g/mol. The van der Waals surface area contributed by atoms with E-state index < -0.39 is 5.97 Å². The number of nitrogens with zero attached hydrogens (tertiary/aromatic N) is 1.